The molecular formula is C60H67F. The second-order valence-electron chi connectivity index (χ2n) is 16.8. The first-order valence-corrected chi connectivity index (χ1v) is 21.5. The number of allylic oxidation sites excluding steroid dienone is 18. The van der Waals surface area contributed by atoms with Crippen molar-refractivity contribution >= 4 is 11.1 Å². The first-order chi connectivity index (χ1) is 29.1. The lowest BCUT2D eigenvalue weighted by atomic mass is 9.85. The molecule has 1 aliphatic carbocycles. The van der Waals surface area contributed by atoms with Crippen molar-refractivity contribution in [2.45, 2.75) is 90.0 Å². The highest BCUT2D eigenvalue weighted by molar-refractivity contribution is 5.87. The van der Waals surface area contributed by atoms with Crippen LogP contribution in [-0.4, -0.2) is 6.67 Å². The summed E-state index contributed by atoms with van der Waals surface area (Å²) in [4.78, 5) is 0. The minimum Gasteiger partial charge on any atom is -0.246 e. The van der Waals surface area contributed by atoms with Crippen LogP contribution in [0.15, 0.2) is 202 Å². The van der Waals surface area contributed by atoms with Gasteiger partial charge in [0, 0.05) is 0 Å². The molecule has 0 aromatic heterocycles. The maximum Gasteiger partial charge on any atom is 0.115 e. The van der Waals surface area contributed by atoms with Crippen LogP contribution in [0.4, 0.5) is 4.39 Å². The van der Waals surface area contributed by atoms with Crippen molar-refractivity contribution in [3.63, 3.8) is 0 Å². The summed E-state index contributed by atoms with van der Waals surface area (Å²) in [5, 5.41) is 0. The molecule has 0 unspecified atom stereocenters. The van der Waals surface area contributed by atoms with E-state index in [1.165, 1.54) is 55.7 Å². The molecule has 0 amide bonds. The molecule has 0 atom stereocenters. The van der Waals surface area contributed by atoms with Crippen LogP contribution >= 0.6 is 0 Å². The zero-order valence-corrected chi connectivity index (χ0v) is 39.1. The maximum atomic E-state index is 15.4. The third kappa shape index (κ3) is 12.5. The Morgan fingerprint density at radius 3 is 1.87 bits per heavy atom. The van der Waals surface area contributed by atoms with Crippen molar-refractivity contribution < 1.29 is 4.39 Å². The van der Waals surface area contributed by atoms with Crippen molar-refractivity contribution in [1.82, 2.24) is 0 Å². The van der Waals surface area contributed by atoms with Crippen LogP contribution in [0.2, 0.25) is 0 Å². The number of halogens is 1. The van der Waals surface area contributed by atoms with Crippen LogP contribution in [-0.2, 0) is 0 Å². The molecule has 0 nitrogen and oxygen atoms in total. The lowest BCUT2D eigenvalue weighted by Crippen LogP contribution is -2.02. The van der Waals surface area contributed by atoms with Gasteiger partial charge in [0.15, 0.2) is 0 Å². The van der Waals surface area contributed by atoms with E-state index in [9.17, 15) is 0 Å². The van der Waals surface area contributed by atoms with E-state index >= 15 is 4.39 Å². The number of hydrogen-bond acceptors (Lipinski definition) is 0. The second kappa shape index (κ2) is 22.6. The standard InChI is InChI=1S/C47H55F.C13H12/c1-13-33(6)19-16-25-44(37(10)36(9)28-34(7)27-31(2)3)46(30-48)39(12)47(32(4)5)41-22-17-21-40(29-41)43-24-18-26-45(38(43)11)42-23-15-14-20-35(42)8;1-10-6-3-4-8-12(10)13-9-5-7-11(13)2/h13-29,31H,1,30H2,2-12H3;3-4,6-9H,1-2H3/b25-16+,33-19-,34-27+,36-28-,44-37+,46-39+;. The predicted molar refractivity (Wildman–Crippen MR) is 268 cm³/mol. The fourth-order valence-electron chi connectivity index (χ4n) is 8.02. The van der Waals surface area contributed by atoms with Crippen molar-refractivity contribution in [2.24, 2.45) is 5.92 Å². The first kappa shape index (κ1) is 47.7. The molecule has 0 spiro atoms. The average Bonchev–Trinajstić information content (AvgIpc) is 3.65. The van der Waals surface area contributed by atoms with E-state index in [1.807, 2.05) is 31.2 Å². The Morgan fingerprint density at radius 2 is 1.30 bits per heavy atom. The van der Waals surface area contributed by atoms with Gasteiger partial charge in [0.1, 0.15) is 6.67 Å². The normalized spacial score (nSPS) is 14.0. The zero-order chi connectivity index (χ0) is 44.8. The Balaban J connectivity index is 0.000000530. The highest BCUT2D eigenvalue weighted by atomic mass is 19.1. The molecular weight excluding hydrogens is 740 g/mol. The van der Waals surface area contributed by atoms with Gasteiger partial charge in [0.25, 0.3) is 0 Å². The molecule has 0 heterocycles. The largest absolute Gasteiger partial charge is 0.246 e. The molecule has 0 fully saturated rings. The van der Waals surface area contributed by atoms with E-state index in [-0.39, 0.29) is 0 Å². The SMILES string of the molecule is C=C\C(C)=C/C=C/C(C(/CF)=C(\C)C(=C(C)C)c1cccc(-c2cccc(-c3ccccc3C)c2C)c1)=C(C)\C(C)=C/C(C)=C/C(C)C.CC1=C(c2ccccc2C)C=C=C1. The number of hydrogen-bond donors (Lipinski definition) is 0. The zero-order valence-electron chi connectivity index (χ0n) is 39.1. The van der Waals surface area contributed by atoms with Gasteiger partial charge in [-0.15, -0.1) is 5.73 Å². The molecule has 314 valence electrons. The number of alkyl halides is 1. The fraction of sp³-hybridized carbons (Fsp3) is 0.250. The van der Waals surface area contributed by atoms with E-state index < -0.39 is 6.67 Å². The van der Waals surface area contributed by atoms with Crippen molar-refractivity contribution in [3.05, 3.63) is 230 Å². The average molecular weight is 807 g/mol. The van der Waals surface area contributed by atoms with Gasteiger partial charge in [-0.2, -0.15) is 0 Å². The quantitative estimate of drug-likeness (QED) is 0.0932. The monoisotopic (exact) mass is 807 g/mol. The van der Waals surface area contributed by atoms with Gasteiger partial charge in [-0.1, -0.05) is 159 Å². The van der Waals surface area contributed by atoms with Crippen LogP contribution in [0.1, 0.15) is 97.1 Å². The minimum absolute atomic E-state index is 0.456. The molecule has 0 bridgehead atoms. The number of aryl methyl sites for hydroxylation is 2. The predicted octanol–water partition coefficient (Wildman–Crippen LogP) is 17.8. The summed E-state index contributed by atoms with van der Waals surface area (Å²) in [5.41, 5.74) is 26.0. The molecule has 61 heavy (non-hydrogen) atoms. The summed E-state index contributed by atoms with van der Waals surface area (Å²) >= 11 is 0. The van der Waals surface area contributed by atoms with E-state index in [0.717, 1.165) is 50.1 Å². The molecule has 1 aliphatic rings. The highest BCUT2D eigenvalue weighted by Crippen LogP contribution is 2.38. The Hall–Kier alpha value is -6.01. The Labute approximate surface area is 368 Å². The van der Waals surface area contributed by atoms with E-state index in [2.05, 4.69) is 211 Å². The summed E-state index contributed by atoms with van der Waals surface area (Å²) in [6.07, 6.45) is 16.5. The minimum atomic E-state index is -0.574. The third-order valence-electron chi connectivity index (χ3n) is 11.4. The summed E-state index contributed by atoms with van der Waals surface area (Å²) in [6.45, 7) is 31.0. The molecule has 5 rings (SSSR count). The van der Waals surface area contributed by atoms with Gasteiger partial charge in [-0.25, -0.2) is 4.39 Å². The van der Waals surface area contributed by atoms with Crippen LogP contribution < -0.4 is 0 Å². The van der Waals surface area contributed by atoms with Gasteiger partial charge >= 0.3 is 0 Å². The topological polar surface area (TPSA) is 0 Å². The van der Waals surface area contributed by atoms with E-state index in [0.29, 0.717) is 11.5 Å². The molecule has 1 heteroatoms. The van der Waals surface area contributed by atoms with E-state index in [4.69, 9.17) is 0 Å². The van der Waals surface area contributed by atoms with Gasteiger partial charge in [-0.05, 0) is 195 Å². The van der Waals surface area contributed by atoms with Gasteiger partial charge in [0.05, 0.1) is 0 Å². The maximum absolute atomic E-state index is 15.4. The summed E-state index contributed by atoms with van der Waals surface area (Å²) in [6, 6.07) is 32.3. The molecule has 0 N–H and O–H groups in total. The molecule has 0 saturated heterocycles. The van der Waals surface area contributed by atoms with Crippen LogP contribution in [0.5, 0.6) is 0 Å². The lowest BCUT2D eigenvalue weighted by molar-refractivity contribution is 0.545. The molecule has 0 radical (unpaired) electrons. The smallest absolute Gasteiger partial charge is 0.115 e. The van der Waals surface area contributed by atoms with E-state index in [1.54, 1.807) is 0 Å². The van der Waals surface area contributed by atoms with Crippen molar-refractivity contribution in [1.29, 1.82) is 0 Å². The number of rotatable bonds is 13. The highest BCUT2D eigenvalue weighted by Gasteiger charge is 2.18. The van der Waals surface area contributed by atoms with Crippen LogP contribution in [0, 0.1) is 26.7 Å². The van der Waals surface area contributed by atoms with Crippen molar-refractivity contribution in [3.8, 4) is 22.3 Å². The van der Waals surface area contributed by atoms with Crippen LogP contribution in [0.25, 0.3) is 33.4 Å². The Bertz CT molecular complexity index is 2560. The molecule has 4 aromatic carbocycles. The van der Waals surface area contributed by atoms with Crippen molar-refractivity contribution in [2.75, 3.05) is 6.67 Å². The molecule has 0 saturated carbocycles. The number of benzene rings is 4. The summed E-state index contributed by atoms with van der Waals surface area (Å²) < 4.78 is 15.4. The Morgan fingerprint density at radius 1 is 0.689 bits per heavy atom. The summed E-state index contributed by atoms with van der Waals surface area (Å²) in [5.74, 6) is 0.456. The van der Waals surface area contributed by atoms with Crippen LogP contribution in [0.3, 0.4) is 0 Å². The third-order valence-corrected chi connectivity index (χ3v) is 11.4. The second-order valence-corrected chi connectivity index (χ2v) is 16.8. The Kier molecular flexibility index (Phi) is 17.6. The van der Waals surface area contributed by atoms with Gasteiger partial charge in [-0.3, -0.25) is 0 Å². The van der Waals surface area contributed by atoms with Gasteiger partial charge in [0.2, 0.25) is 0 Å². The lowest BCUT2D eigenvalue weighted by Gasteiger charge is -2.20. The molecule has 4 aromatic rings. The van der Waals surface area contributed by atoms with Gasteiger partial charge < -0.3 is 0 Å². The first-order valence-electron chi connectivity index (χ1n) is 21.5. The fourth-order valence-corrected chi connectivity index (χ4v) is 8.02. The summed E-state index contributed by atoms with van der Waals surface area (Å²) in [7, 11) is 0. The molecule has 0 aliphatic heterocycles.